The van der Waals surface area contributed by atoms with Crippen molar-refractivity contribution in [1.29, 1.82) is 0 Å². The molecule has 1 aromatic heterocycles. The second kappa shape index (κ2) is 24.3. The normalized spacial score (nSPS) is 15.8. The van der Waals surface area contributed by atoms with Crippen molar-refractivity contribution in [3.05, 3.63) is 40.2 Å². The molecule has 69 heavy (non-hydrogen) atoms. The van der Waals surface area contributed by atoms with Crippen LogP contribution in [-0.2, 0) is 47.9 Å². The third kappa shape index (κ3) is 15.8. The fraction of sp³-hybridized carbons (Fsp3) is 0.475. The first-order chi connectivity index (χ1) is 32.5. The number of rotatable bonds is 27. The number of aliphatic carboxylic acids is 6. The maximum atomic E-state index is 13.7. The number of hydrogen-bond donors (Lipinski definition) is 14. The van der Waals surface area contributed by atoms with E-state index >= 15 is 0 Å². The molecule has 4 rings (SSSR count). The molecule has 1 unspecified atom stereocenters. The number of fused-ring (bicyclic) bond motifs is 3. The zero-order chi connectivity index (χ0) is 51.1. The first-order valence-electron chi connectivity index (χ1n) is 21.1. The minimum absolute atomic E-state index is 0.00784. The fourth-order valence-electron chi connectivity index (χ4n) is 7.24. The summed E-state index contributed by atoms with van der Waals surface area (Å²) in [7, 11) is 0. The highest BCUT2D eigenvalue weighted by Crippen LogP contribution is 2.32. The molecule has 374 valence electrons. The molecule has 1 aromatic carbocycles. The molecule has 3 heterocycles. The number of aromatic nitrogens is 2. The maximum Gasteiger partial charge on any atom is 0.326 e. The Kier molecular flexibility index (Phi) is 18.7. The number of nitrogens with one attached hydrogen (secondary N) is 7. The van der Waals surface area contributed by atoms with Crippen molar-refractivity contribution in [1.82, 2.24) is 36.6 Å². The third-order valence-electron chi connectivity index (χ3n) is 10.8. The molecular formula is C40H51N11O18. The van der Waals surface area contributed by atoms with Gasteiger partial charge in [0.15, 0.2) is 5.82 Å². The predicted molar refractivity (Wildman–Crippen MR) is 234 cm³/mol. The summed E-state index contributed by atoms with van der Waals surface area (Å²) in [6.45, 7) is 1.20. The van der Waals surface area contributed by atoms with Gasteiger partial charge in [-0.1, -0.05) is 0 Å². The first-order valence-corrected chi connectivity index (χ1v) is 21.1. The van der Waals surface area contributed by atoms with Crippen LogP contribution in [-0.4, -0.2) is 162 Å². The van der Waals surface area contributed by atoms with E-state index in [4.69, 9.17) is 10.8 Å². The van der Waals surface area contributed by atoms with Crippen molar-refractivity contribution in [3.8, 4) is 0 Å². The Morgan fingerprint density at radius 3 is 1.41 bits per heavy atom. The third-order valence-corrected chi connectivity index (χ3v) is 10.8. The summed E-state index contributed by atoms with van der Waals surface area (Å²) in [5.74, 6) is -14.5. The van der Waals surface area contributed by atoms with Crippen LogP contribution < -0.4 is 53.0 Å². The number of nitrogens with two attached hydrogens (primary N) is 1. The van der Waals surface area contributed by atoms with Gasteiger partial charge in [0, 0.05) is 56.4 Å². The molecule has 29 heteroatoms. The Labute approximate surface area is 389 Å². The highest BCUT2D eigenvalue weighted by Gasteiger charge is 2.38. The van der Waals surface area contributed by atoms with E-state index in [1.54, 1.807) is 12.1 Å². The smallest absolute Gasteiger partial charge is 0.326 e. The lowest BCUT2D eigenvalue weighted by Crippen LogP contribution is -2.59. The molecule has 2 aromatic rings. The van der Waals surface area contributed by atoms with Crippen molar-refractivity contribution in [3.63, 3.8) is 0 Å². The van der Waals surface area contributed by atoms with Gasteiger partial charge < -0.3 is 78.1 Å². The molecule has 0 saturated carbocycles. The zero-order valence-corrected chi connectivity index (χ0v) is 36.5. The lowest BCUT2D eigenvalue weighted by Gasteiger charge is -2.31. The van der Waals surface area contributed by atoms with Crippen LogP contribution in [0.3, 0.4) is 0 Å². The van der Waals surface area contributed by atoms with Gasteiger partial charge >= 0.3 is 35.8 Å². The van der Waals surface area contributed by atoms with Gasteiger partial charge in [-0.25, -0.2) is 4.79 Å². The molecule has 5 amide bonds. The van der Waals surface area contributed by atoms with Gasteiger partial charge in [-0.05, 0) is 56.4 Å². The molecule has 0 aliphatic carbocycles. The van der Waals surface area contributed by atoms with Gasteiger partial charge in [0.1, 0.15) is 35.9 Å². The van der Waals surface area contributed by atoms with Crippen LogP contribution in [0.1, 0.15) is 74.6 Å². The Balaban J connectivity index is 1.50. The molecule has 2 aliphatic heterocycles. The summed E-state index contributed by atoms with van der Waals surface area (Å²) < 4.78 is 0. The number of carbonyl (C=O) groups is 11. The minimum atomic E-state index is -1.89. The number of anilines is 4. The van der Waals surface area contributed by atoms with Crippen LogP contribution in [0.25, 0.3) is 0 Å². The van der Waals surface area contributed by atoms with Crippen LogP contribution in [0, 0.1) is 0 Å². The lowest BCUT2D eigenvalue weighted by atomic mass is 10.0. The van der Waals surface area contributed by atoms with Crippen molar-refractivity contribution in [2.24, 2.45) is 0 Å². The van der Waals surface area contributed by atoms with E-state index in [0.717, 1.165) is 0 Å². The highest BCUT2D eigenvalue weighted by molar-refractivity contribution is 5.99. The minimum Gasteiger partial charge on any atom is -0.481 e. The predicted octanol–water partition coefficient (Wildman–Crippen LogP) is -3.12. The molecule has 1 saturated heterocycles. The number of H-pyrrole nitrogens is 1. The molecule has 15 N–H and O–H groups in total. The van der Waals surface area contributed by atoms with Crippen molar-refractivity contribution < 1.29 is 83.4 Å². The van der Waals surface area contributed by atoms with Crippen LogP contribution in [0.4, 0.5) is 23.1 Å². The molecule has 0 bridgehead atoms. The van der Waals surface area contributed by atoms with E-state index in [1.165, 1.54) is 12.1 Å². The van der Waals surface area contributed by atoms with E-state index in [-0.39, 0.29) is 24.2 Å². The summed E-state index contributed by atoms with van der Waals surface area (Å²) in [4.78, 5) is 160. The van der Waals surface area contributed by atoms with Gasteiger partial charge in [0.2, 0.25) is 29.6 Å². The van der Waals surface area contributed by atoms with Gasteiger partial charge in [-0.2, -0.15) is 4.98 Å². The number of nitrogen functional groups attached to an aromatic ring is 1. The van der Waals surface area contributed by atoms with E-state index in [1.807, 2.05) is 15.1 Å². The van der Waals surface area contributed by atoms with Gasteiger partial charge in [-0.3, -0.25) is 57.7 Å². The summed E-state index contributed by atoms with van der Waals surface area (Å²) in [6, 6.07) is -3.15. The van der Waals surface area contributed by atoms with Crippen molar-refractivity contribution >= 4 is 88.5 Å². The first kappa shape index (κ1) is 53.1. The van der Waals surface area contributed by atoms with Gasteiger partial charge in [0.25, 0.3) is 11.5 Å². The SMILES string of the molecule is Nc1nc2c(c(=O)[nH]1)N1CN(c3ccc(C(=O)N[C@@H](CCC(=O)O)C(=O)N[C@@H](CCC(=O)O)C(=O)N[C@@H](CCC(=O)O)C(=O)N[C@@H](CCC(=O)O)C(=O)N[C@@H](CCC(=O)O)C(=O)O)cc3)CC1CN2. The second-order valence-corrected chi connectivity index (χ2v) is 15.8. The van der Waals surface area contributed by atoms with Crippen LogP contribution in [0.5, 0.6) is 0 Å². The summed E-state index contributed by atoms with van der Waals surface area (Å²) >= 11 is 0. The van der Waals surface area contributed by atoms with Gasteiger partial charge in [-0.15, -0.1) is 0 Å². The number of carbonyl (C=O) groups excluding carboxylic acids is 5. The number of carboxylic acid groups (broad SMARTS) is 6. The molecule has 0 spiro atoms. The number of aromatic amines is 1. The second-order valence-electron chi connectivity index (χ2n) is 15.8. The molecule has 1 fully saturated rings. The van der Waals surface area contributed by atoms with E-state index in [0.29, 0.717) is 30.3 Å². The molecule has 29 nitrogen and oxygen atoms in total. The van der Waals surface area contributed by atoms with Crippen molar-refractivity contribution in [2.75, 3.05) is 40.6 Å². The average Bonchev–Trinajstić information content (AvgIpc) is 3.71. The Hall–Kier alpha value is -8.53. The number of hydrogen-bond acceptors (Lipinski definition) is 17. The highest BCUT2D eigenvalue weighted by atomic mass is 16.4. The lowest BCUT2D eigenvalue weighted by molar-refractivity contribution is -0.144. The average molecular weight is 974 g/mol. The quantitative estimate of drug-likeness (QED) is 0.0421. The summed E-state index contributed by atoms with van der Waals surface area (Å²) in [5.41, 5.74) is 6.21. The van der Waals surface area contributed by atoms with E-state index in [9.17, 15) is 83.1 Å². The standard InChI is InChI=1S/C40H51N11O18/c41-40-48-32-31(38(67)49-40)51-17-50(16-20(51)15-42-32)19-3-1-18(2-4-19)33(62)43-21(5-10-26(52)53)34(63)44-22(6-11-27(54)55)35(64)45-23(7-12-28(56)57)36(65)46-24(8-13-29(58)59)37(66)47-25(39(68)69)9-14-30(60)61/h1-4,20-25H,5-17H2,(H,43,62)(H,44,63)(H,45,64)(H,46,65)(H,47,66)(H,52,53)(H,54,55)(H,56,57)(H,58,59)(H,60,61)(H,68,69)(H4,41,42,48,49,67)/t20?,21-,22-,23-,24-,25-/m0/s1. The van der Waals surface area contributed by atoms with E-state index < -0.39 is 165 Å². The molecule has 0 radical (unpaired) electrons. The van der Waals surface area contributed by atoms with Gasteiger partial charge in [0.05, 0.1) is 12.7 Å². The zero-order valence-electron chi connectivity index (χ0n) is 36.5. The molecular weight excluding hydrogens is 922 g/mol. The monoisotopic (exact) mass is 973 g/mol. The van der Waals surface area contributed by atoms with Crippen LogP contribution >= 0.6 is 0 Å². The topological polar surface area (TPSA) is 460 Å². The summed E-state index contributed by atoms with van der Waals surface area (Å²) in [5, 5.41) is 69.9. The number of amides is 5. The fourth-order valence-corrected chi connectivity index (χ4v) is 7.24. The Morgan fingerprint density at radius 2 is 1.00 bits per heavy atom. The van der Waals surface area contributed by atoms with Crippen LogP contribution in [0.15, 0.2) is 29.1 Å². The van der Waals surface area contributed by atoms with Crippen molar-refractivity contribution in [2.45, 2.75) is 100 Å². The largest absolute Gasteiger partial charge is 0.481 e. The Morgan fingerprint density at radius 1 is 0.609 bits per heavy atom. The molecule has 6 atom stereocenters. The summed E-state index contributed by atoms with van der Waals surface area (Å²) in [6.07, 6.45) is -6.97. The number of nitrogens with zero attached hydrogens (tertiary/aromatic N) is 3. The molecule has 2 aliphatic rings. The van der Waals surface area contributed by atoms with Crippen LogP contribution in [0.2, 0.25) is 0 Å². The van der Waals surface area contributed by atoms with E-state index in [2.05, 4.69) is 36.6 Å². The number of benzene rings is 1. The maximum absolute atomic E-state index is 13.7. The number of carboxylic acids is 6. The Bertz CT molecular complexity index is 2380.